The van der Waals surface area contributed by atoms with Gasteiger partial charge >= 0.3 is 11.9 Å². The molecule has 1 aliphatic rings. The molecular weight excluding hydrogens is 258 g/mol. The zero-order chi connectivity index (χ0) is 13.7. The number of hydrogen-bond acceptors (Lipinski definition) is 4. The number of carboxylic acid groups (broad SMARTS) is 2. The van der Waals surface area contributed by atoms with Crippen molar-refractivity contribution in [3.05, 3.63) is 28.0 Å². The van der Waals surface area contributed by atoms with Gasteiger partial charge in [-0.15, -0.1) is 0 Å². The SMILES string of the molecule is CC1(C)Sc2c(C(=O)O)ccc(=O)n2C1C(=O)O. The number of aromatic carboxylic acids is 1. The molecule has 0 bridgehead atoms. The van der Waals surface area contributed by atoms with Crippen molar-refractivity contribution in [3.63, 3.8) is 0 Å². The molecule has 2 N–H and O–H groups in total. The molecule has 1 aromatic heterocycles. The molecule has 96 valence electrons. The molecule has 6 nitrogen and oxygen atoms in total. The van der Waals surface area contributed by atoms with Gasteiger partial charge in [0.15, 0.2) is 0 Å². The fraction of sp³-hybridized carbons (Fsp3) is 0.364. The summed E-state index contributed by atoms with van der Waals surface area (Å²) in [4.78, 5) is 34.2. The van der Waals surface area contributed by atoms with Crippen molar-refractivity contribution in [2.45, 2.75) is 29.7 Å². The number of carbonyl (C=O) groups is 2. The molecule has 2 heterocycles. The Kier molecular flexibility index (Phi) is 2.73. The number of carboxylic acids is 2. The summed E-state index contributed by atoms with van der Waals surface area (Å²) >= 11 is 1.10. The summed E-state index contributed by atoms with van der Waals surface area (Å²) in [5.41, 5.74) is -0.545. The monoisotopic (exact) mass is 269 g/mol. The van der Waals surface area contributed by atoms with Crippen LogP contribution in [0, 0.1) is 0 Å². The van der Waals surface area contributed by atoms with Gasteiger partial charge in [0, 0.05) is 10.8 Å². The van der Waals surface area contributed by atoms with Crippen LogP contribution in [0.5, 0.6) is 0 Å². The fourth-order valence-corrected chi connectivity index (χ4v) is 3.45. The van der Waals surface area contributed by atoms with E-state index in [0.717, 1.165) is 22.4 Å². The van der Waals surface area contributed by atoms with Gasteiger partial charge in [0.05, 0.1) is 10.6 Å². The number of rotatable bonds is 2. The first-order chi connectivity index (χ1) is 8.25. The van der Waals surface area contributed by atoms with Crippen LogP contribution >= 0.6 is 11.8 Å². The van der Waals surface area contributed by atoms with Gasteiger partial charge < -0.3 is 10.2 Å². The van der Waals surface area contributed by atoms with Crippen LogP contribution in [0.15, 0.2) is 22.0 Å². The second-order valence-electron chi connectivity index (χ2n) is 4.51. The van der Waals surface area contributed by atoms with E-state index in [2.05, 4.69) is 0 Å². The maximum Gasteiger partial charge on any atom is 0.338 e. The molecule has 7 heteroatoms. The van der Waals surface area contributed by atoms with Gasteiger partial charge in [-0.1, -0.05) is 11.8 Å². The lowest BCUT2D eigenvalue weighted by molar-refractivity contribution is -0.141. The lowest BCUT2D eigenvalue weighted by Crippen LogP contribution is -2.36. The molecule has 0 aliphatic carbocycles. The highest BCUT2D eigenvalue weighted by Gasteiger charge is 2.46. The molecule has 0 radical (unpaired) electrons. The summed E-state index contributed by atoms with van der Waals surface area (Å²) < 4.78 is 0.278. The zero-order valence-electron chi connectivity index (χ0n) is 9.71. The number of thioether (sulfide) groups is 1. The van der Waals surface area contributed by atoms with Crippen molar-refractivity contribution < 1.29 is 19.8 Å². The maximum atomic E-state index is 11.8. The minimum atomic E-state index is -1.17. The van der Waals surface area contributed by atoms with E-state index in [-0.39, 0.29) is 10.6 Å². The lowest BCUT2D eigenvalue weighted by Gasteiger charge is -2.22. The third kappa shape index (κ3) is 1.71. The van der Waals surface area contributed by atoms with E-state index < -0.39 is 28.3 Å². The highest BCUT2D eigenvalue weighted by atomic mass is 32.2. The zero-order valence-corrected chi connectivity index (χ0v) is 10.5. The van der Waals surface area contributed by atoms with E-state index in [0.29, 0.717) is 0 Å². The number of fused-ring (bicyclic) bond motifs is 1. The summed E-state index contributed by atoms with van der Waals surface area (Å²) in [5.74, 6) is -2.32. The number of nitrogens with zero attached hydrogens (tertiary/aromatic N) is 1. The molecular formula is C11H11NO5S. The smallest absolute Gasteiger partial charge is 0.338 e. The van der Waals surface area contributed by atoms with Gasteiger partial charge in [0.25, 0.3) is 5.56 Å². The lowest BCUT2D eigenvalue weighted by atomic mass is 10.0. The quantitative estimate of drug-likeness (QED) is 0.833. The first-order valence-corrected chi connectivity index (χ1v) is 5.98. The molecule has 0 aromatic carbocycles. The fourth-order valence-electron chi connectivity index (χ4n) is 2.07. The van der Waals surface area contributed by atoms with Crippen molar-refractivity contribution in [1.29, 1.82) is 0 Å². The van der Waals surface area contributed by atoms with Crippen LogP contribution in [0.1, 0.15) is 30.2 Å². The highest BCUT2D eigenvalue weighted by molar-refractivity contribution is 8.01. The summed E-state index contributed by atoms with van der Waals surface area (Å²) in [6, 6.07) is 1.23. The van der Waals surface area contributed by atoms with E-state index in [1.807, 2.05) is 0 Å². The largest absolute Gasteiger partial charge is 0.480 e. The molecule has 2 rings (SSSR count). The van der Waals surface area contributed by atoms with Gasteiger partial charge in [0.1, 0.15) is 6.04 Å². The topological polar surface area (TPSA) is 96.6 Å². The van der Waals surface area contributed by atoms with Crippen LogP contribution in [-0.4, -0.2) is 31.5 Å². The predicted molar refractivity (Wildman–Crippen MR) is 64.3 cm³/mol. The second kappa shape index (κ2) is 3.88. The minimum Gasteiger partial charge on any atom is -0.480 e. The van der Waals surface area contributed by atoms with Gasteiger partial charge in [-0.3, -0.25) is 9.36 Å². The Bertz CT molecular complexity index is 604. The molecule has 0 fully saturated rings. The Morgan fingerprint density at radius 1 is 1.33 bits per heavy atom. The van der Waals surface area contributed by atoms with Gasteiger partial charge in [-0.2, -0.15) is 0 Å². The van der Waals surface area contributed by atoms with Gasteiger partial charge in [0.2, 0.25) is 0 Å². The molecule has 1 unspecified atom stereocenters. The van der Waals surface area contributed by atoms with Crippen LogP contribution in [0.2, 0.25) is 0 Å². The van der Waals surface area contributed by atoms with Crippen molar-refractivity contribution in [1.82, 2.24) is 4.57 Å². The molecule has 1 atom stereocenters. The molecule has 1 aromatic rings. The third-order valence-electron chi connectivity index (χ3n) is 2.82. The van der Waals surface area contributed by atoms with Gasteiger partial charge in [-0.05, 0) is 19.9 Å². The average Bonchev–Trinajstić information content (AvgIpc) is 2.49. The minimum absolute atomic E-state index is 0.0450. The first-order valence-electron chi connectivity index (χ1n) is 5.16. The van der Waals surface area contributed by atoms with E-state index in [1.54, 1.807) is 13.8 Å². The number of pyridine rings is 1. The van der Waals surface area contributed by atoms with Gasteiger partial charge in [-0.25, -0.2) is 9.59 Å². The van der Waals surface area contributed by atoms with E-state index in [4.69, 9.17) is 5.11 Å². The van der Waals surface area contributed by atoms with Crippen LogP contribution in [-0.2, 0) is 4.79 Å². The summed E-state index contributed by atoms with van der Waals surface area (Å²) in [6.45, 7) is 3.35. The molecule has 0 saturated carbocycles. The van der Waals surface area contributed by atoms with Crippen molar-refractivity contribution in [2.24, 2.45) is 0 Å². The van der Waals surface area contributed by atoms with Crippen LogP contribution < -0.4 is 5.56 Å². The molecule has 18 heavy (non-hydrogen) atoms. The van der Waals surface area contributed by atoms with E-state index in [1.165, 1.54) is 6.07 Å². The first kappa shape index (κ1) is 12.7. The molecule has 0 amide bonds. The standard InChI is InChI=1S/C11H11NO5S/c1-11(2)7(10(16)17)12-6(13)4-3-5(9(14)15)8(12)18-11/h3-4,7H,1-2H3,(H,14,15)(H,16,17). The molecule has 0 spiro atoms. The summed E-state index contributed by atoms with van der Waals surface area (Å²) in [7, 11) is 0. The Hall–Kier alpha value is -1.76. The van der Waals surface area contributed by atoms with Crippen molar-refractivity contribution in [3.8, 4) is 0 Å². The number of hydrogen-bond donors (Lipinski definition) is 2. The molecule has 0 saturated heterocycles. The summed E-state index contributed by atoms with van der Waals surface area (Å²) in [5, 5.41) is 18.5. The van der Waals surface area contributed by atoms with E-state index >= 15 is 0 Å². The highest BCUT2D eigenvalue weighted by Crippen LogP contribution is 2.48. The molecule has 1 aliphatic heterocycles. The van der Waals surface area contributed by atoms with Crippen molar-refractivity contribution >= 4 is 23.7 Å². The van der Waals surface area contributed by atoms with Crippen LogP contribution in [0.4, 0.5) is 0 Å². The van der Waals surface area contributed by atoms with E-state index in [9.17, 15) is 19.5 Å². The maximum absolute atomic E-state index is 11.8. The number of aromatic nitrogens is 1. The van der Waals surface area contributed by atoms with Crippen LogP contribution in [0.25, 0.3) is 0 Å². The third-order valence-corrected chi connectivity index (χ3v) is 4.18. The normalized spacial score (nSPS) is 20.4. The Labute approximate surface area is 106 Å². The predicted octanol–water partition coefficient (Wildman–Crippen LogP) is 1.06. The van der Waals surface area contributed by atoms with Crippen LogP contribution in [0.3, 0.4) is 0 Å². The average molecular weight is 269 g/mol. The van der Waals surface area contributed by atoms with Crippen molar-refractivity contribution in [2.75, 3.05) is 0 Å². The summed E-state index contributed by atoms with van der Waals surface area (Å²) in [6.07, 6.45) is 0. The Morgan fingerprint density at radius 2 is 1.94 bits per heavy atom. The second-order valence-corrected chi connectivity index (χ2v) is 6.15. The number of aliphatic carboxylic acids is 1. The Morgan fingerprint density at radius 3 is 2.44 bits per heavy atom. The Balaban J connectivity index is 2.77.